The molecule has 18 atom stereocenters. The standard InChI is InChI=1S/3C24H31FN6O4S/c3*1-3-8-36-24-27-22(26-16-10-14(16)13-5-4-12(2)15(25)9-13)19-23(28-24)31(30-29-19)17-11-18(35-7-6-32)21(34)20(17)33/h3*4-5,9,14,16-18,20-21,32-34H,3,6-8,10-11H2,1-2H3,(H,26,27,28)/t3*14-,16+,17+,18-,20-,21+/m000/s1/i6D2,7D2,11D2,16D,17D,18D,20D,21D;7D2,11D2,16D,17D,18D,20D,21D;6D2,11D2,16D,17D,18D,20D,21D. The number of halogens is 3. The van der Waals surface area contributed by atoms with Crippen LogP contribution in [0.4, 0.5) is 30.6 Å². The smallest absolute Gasteiger partial charge is 0.191 e. The molecule has 0 amide bonds. The first kappa shape index (κ1) is 50.0. The SMILES string of the molecule is [2H]C([2H])(CO)O[C@@]1([2H])C([2H])([2H])[C@@]([2H])(n2nnc3c(N[C@]4([2H])C[C@H]4c4ccc(C)c(F)c4)nc(SCCC)nc32)[C@]([2H])(O)[C@]1([2H])O.[2H]C([2H])(O)C([2H])([2H])O[C@@]1([2H])C([2H])([2H])[C@@]([2H])(n2nnc3c(N[C@]4([2H])C[C@H]4c4ccc(C)c(F)c4)nc(SCCC)nc32)[C@]([2H])(O)[C@]1([2H])O.[2H]C([2H])(O)CO[C@@]1([2H])C([2H])([2H])[C@@]([2H])(n2nnc3c(N[C@]4([2H])C[C@H]4c4ccc(C)c(F)c4)nc(SCCC)nc32)[C@]([2H])(O)[C@]1([2H])O. The predicted molar refractivity (Wildman–Crippen MR) is 398 cm³/mol. The van der Waals surface area contributed by atoms with E-state index in [1.165, 1.54) is 18.2 Å². The lowest BCUT2D eigenvalue weighted by Crippen LogP contribution is -2.33. The van der Waals surface area contributed by atoms with Gasteiger partial charge in [-0.2, -0.15) is 0 Å². The quantitative estimate of drug-likeness (QED) is 0.0168. The number of fused-ring (bicyclic) bond motifs is 3. The highest BCUT2D eigenvalue weighted by Crippen LogP contribution is 2.48. The zero-order valence-electron chi connectivity index (χ0n) is 87.0. The Bertz CT molecular complexity index is 6180. The van der Waals surface area contributed by atoms with E-state index >= 15 is 0 Å². The van der Waals surface area contributed by atoms with E-state index in [-0.39, 0.29) is 73.4 Å². The van der Waals surface area contributed by atoms with E-state index in [1.807, 2.05) is 20.8 Å². The average Bonchev–Trinajstić information content (AvgIpc) is 1.49. The van der Waals surface area contributed by atoms with Crippen LogP contribution in [0.2, 0.25) is 0 Å². The Labute approximate surface area is 674 Å². The highest BCUT2D eigenvalue weighted by Gasteiger charge is 2.49. The van der Waals surface area contributed by atoms with Crippen LogP contribution >= 0.6 is 35.3 Å². The molecule has 108 heavy (non-hydrogen) atoms. The van der Waals surface area contributed by atoms with Gasteiger partial charge in [0.1, 0.15) is 53.9 Å². The van der Waals surface area contributed by atoms with Gasteiger partial charge in [-0.05, 0) is 111 Å². The van der Waals surface area contributed by atoms with Crippen LogP contribution in [0.3, 0.4) is 0 Å². The Morgan fingerprint density at radius 3 is 1.09 bits per heavy atom. The van der Waals surface area contributed by atoms with E-state index in [1.54, 1.807) is 57.2 Å². The minimum atomic E-state index is -4.26. The molecular formula is C72H93F3N18O12S3. The van der Waals surface area contributed by atoms with Crippen LogP contribution in [-0.4, -0.2) is 250 Å². The van der Waals surface area contributed by atoms with Gasteiger partial charge in [-0.25, -0.2) is 57.1 Å². The maximum atomic E-state index is 14.3. The molecule has 0 radical (unpaired) electrons. The Balaban J connectivity index is 0.000000174. The fourth-order valence-corrected chi connectivity index (χ4v) is 13.1. The predicted octanol–water partition coefficient (Wildman–Crippen LogP) is 6.55. The fourth-order valence-electron chi connectivity index (χ4n) is 11.0. The summed E-state index contributed by atoms with van der Waals surface area (Å²) in [5.41, 5.74) is 0.614. The van der Waals surface area contributed by atoms with Gasteiger partial charge in [0.05, 0.1) is 107 Å². The van der Waals surface area contributed by atoms with Crippen LogP contribution in [0.1, 0.15) is 187 Å². The molecule has 0 bridgehead atoms. The van der Waals surface area contributed by atoms with Crippen molar-refractivity contribution in [3.8, 4) is 0 Å². The summed E-state index contributed by atoms with van der Waals surface area (Å²) in [4.78, 5) is 26.1. The number of aliphatic hydroxyl groups is 9. The van der Waals surface area contributed by atoms with E-state index in [9.17, 15) is 59.1 Å². The Kier molecular flexibility index (Phi) is 16.2. The van der Waals surface area contributed by atoms with Gasteiger partial charge in [-0.3, -0.25) is 0 Å². The number of aliphatic hydroxyl groups excluding tert-OH is 1. The van der Waals surface area contributed by atoms with E-state index in [4.69, 9.17) is 49.2 Å². The van der Waals surface area contributed by atoms with Gasteiger partial charge in [0, 0.05) is 80.4 Å². The molecule has 15 rings (SSSR count). The monoisotopic (exact) mass is 1580 g/mol. The minimum absolute atomic E-state index is 0.0254. The number of nitrogens with one attached hydrogen (secondary N) is 3. The molecule has 3 aromatic carbocycles. The van der Waals surface area contributed by atoms with Gasteiger partial charge in [0.15, 0.2) is 66.4 Å². The number of aromatic nitrogens is 15. The molecule has 6 aromatic heterocycles. The molecule has 6 saturated carbocycles. The molecule has 0 spiro atoms. The summed E-state index contributed by atoms with van der Waals surface area (Å²) in [6.07, 6.45) is -45.1. The lowest BCUT2D eigenvalue weighted by Gasteiger charge is -2.17. The lowest BCUT2D eigenvalue weighted by atomic mass is 10.1. The second-order valence-electron chi connectivity index (χ2n) is 24.5. The Morgan fingerprint density at radius 1 is 0.472 bits per heavy atom. The molecule has 582 valence electrons. The summed E-state index contributed by atoms with van der Waals surface area (Å²) in [5, 5.41) is 127. The molecule has 0 aliphatic heterocycles. The summed E-state index contributed by atoms with van der Waals surface area (Å²) < 4.78 is 300. The third kappa shape index (κ3) is 17.5. The van der Waals surface area contributed by atoms with Crippen molar-refractivity contribution in [3.05, 3.63) is 105 Å². The van der Waals surface area contributed by atoms with Crippen molar-refractivity contribution in [2.75, 3.05) is 72.7 Å². The number of nitrogens with zero attached hydrogens (tertiary/aromatic N) is 15. The summed E-state index contributed by atoms with van der Waals surface area (Å²) in [6.45, 7) is -6.88. The first-order chi connectivity index (χ1) is 62.5. The van der Waals surface area contributed by atoms with Crippen LogP contribution in [-0.2, 0) is 14.2 Å². The van der Waals surface area contributed by atoms with Gasteiger partial charge in [0.2, 0.25) is 0 Å². The molecule has 0 unspecified atom stereocenters. The molecule has 12 N–H and O–H groups in total. The maximum Gasteiger partial charge on any atom is 0.191 e. The Hall–Kier alpha value is -7.14. The zero-order valence-corrected chi connectivity index (χ0v) is 60.5. The molecule has 6 fully saturated rings. The van der Waals surface area contributed by atoms with Crippen molar-refractivity contribution >= 4 is 86.2 Å². The topological polar surface area (TPSA) is 415 Å². The number of aryl methyl sites for hydroxylation is 3. The molecule has 6 heterocycles. The summed E-state index contributed by atoms with van der Waals surface area (Å²) in [7, 11) is 0. The number of anilines is 3. The fraction of sp³-hybridized carbons (Fsp3) is 0.583. The van der Waals surface area contributed by atoms with E-state index in [0.717, 1.165) is 35.3 Å². The number of hydrogen-bond acceptors (Lipinski definition) is 30. The normalized spacial score (nSPS) is 43.7. The summed E-state index contributed by atoms with van der Waals surface area (Å²) >= 11 is 3.35. The average molecular weight is 1590 g/mol. The minimum Gasteiger partial charge on any atom is -0.394 e. The lowest BCUT2D eigenvalue weighted by molar-refractivity contribution is -0.0629. The van der Waals surface area contributed by atoms with Gasteiger partial charge in [-0.15, -0.1) is 15.3 Å². The second kappa shape index (κ2) is 35.1. The molecule has 6 aliphatic rings. The number of thioether (sulfide) groups is 3. The van der Waals surface area contributed by atoms with E-state index < -0.39 is 202 Å². The third-order valence-corrected chi connectivity index (χ3v) is 20.0. The molecule has 6 aliphatic carbocycles. The van der Waals surface area contributed by atoms with Crippen LogP contribution < -0.4 is 16.0 Å². The zero-order chi connectivity index (χ0) is 103. The molecule has 9 aromatic rings. The van der Waals surface area contributed by atoms with Crippen LogP contribution in [0.25, 0.3) is 33.5 Å². The maximum absolute atomic E-state index is 14.3. The largest absolute Gasteiger partial charge is 0.394 e. The highest BCUT2D eigenvalue weighted by molar-refractivity contribution is 7.99. The van der Waals surface area contributed by atoms with Crippen molar-refractivity contribution in [1.29, 1.82) is 0 Å². The summed E-state index contributed by atoms with van der Waals surface area (Å²) in [5.74, 6) is -1.65. The first-order valence-corrected chi connectivity index (χ1v) is 36.4. The summed E-state index contributed by atoms with van der Waals surface area (Å²) in [6, 6.07) is -1.47. The van der Waals surface area contributed by atoms with E-state index in [0.29, 0.717) is 79.3 Å². The van der Waals surface area contributed by atoms with Gasteiger partial charge >= 0.3 is 0 Å². The molecule has 0 saturated heterocycles. The molecule has 30 nitrogen and oxygen atoms in total. The molecule has 36 heteroatoms. The van der Waals surface area contributed by atoms with Crippen LogP contribution in [0.5, 0.6) is 0 Å². The second-order valence-corrected chi connectivity index (χ2v) is 27.7. The van der Waals surface area contributed by atoms with Gasteiger partial charge in [-0.1, -0.05) is 108 Å². The van der Waals surface area contributed by atoms with E-state index in [2.05, 4.69) is 81.5 Å². The Morgan fingerprint density at radius 2 is 0.796 bits per heavy atom. The van der Waals surface area contributed by atoms with Crippen molar-refractivity contribution in [3.63, 3.8) is 0 Å². The number of benzene rings is 3. The van der Waals surface area contributed by atoms with Crippen molar-refractivity contribution in [2.24, 2.45) is 0 Å². The van der Waals surface area contributed by atoms with Crippen LogP contribution in [0, 0.1) is 38.2 Å². The van der Waals surface area contributed by atoms with Crippen molar-refractivity contribution in [1.82, 2.24) is 74.9 Å². The highest BCUT2D eigenvalue weighted by atomic mass is 32.2. The van der Waals surface area contributed by atoms with Gasteiger partial charge in [0.25, 0.3) is 0 Å². The van der Waals surface area contributed by atoms with Crippen molar-refractivity contribution < 1.29 is 113 Å². The number of rotatable bonds is 30. The third-order valence-electron chi connectivity index (χ3n) is 16.9. The van der Waals surface area contributed by atoms with Gasteiger partial charge < -0.3 is 76.1 Å². The molecular weight excluding hydrogens is 1460 g/mol. The van der Waals surface area contributed by atoms with Crippen molar-refractivity contribution in [2.45, 2.75) is 223 Å². The number of ether oxygens (including phenoxy) is 3. The number of hydrogen-bond donors (Lipinski definition) is 12. The first-order valence-electron chi connectivity index (χ1n) is 47.9. The van der Waals surface area contributed by atoms with Crippen LogP contribution in [0.15, 0.2) is 70.1 Å².